The largest absolute Gasteiger partial charge is 0.507 e. The molecular formula is C55H61F2N15O3. The van der Waals surface area contributed by atoms with E-state index in [0.29, 0.717) is 66.5 Å². The van der Waals surface area contributed by atoms with Gasteiger partial charge in [-0.2, -0.15) is 24.6 Å². The molecule has 3 atom stereocenters. The number of hydrogen-bond donors (Lipinski definition) is 2. The summed E-state index contributed by atoms with van der Waals surface area (Å²) in [6.07, 6.45) is 5.79. The third kappa shape index (κ3) is 8.87. The number of phenolic OH excluding ortho intramolecular Hbond substituents is 1. The van der Waals surface area contributed by atoms with Crippen LogP contribution in [0.5, 0.6) is 5.75 Å². The van der Waals surface area contributed by atoms with Crippen LogP contribution >= 0.6 is 0 Å². The van der Waals surface area contributed by atoms with Gasteiger partial charge >= 0.3 is 5.69 Å². The lowest BCUT2D eigenvalue weighted by molar-refractivity contribution is -0.128. The maximum absolute atomic E-state index is 16.4. The number of benzene rings is 2. The predicted octanol–water partition coefficient (Wildman–Crippen LogP) is 7.57. The molecule has 1 saturated carbocycles. The monoisotopic (exact) mass is 1020 g/mol. The van der Waals surface area contributed by atoms with E-state index in [4.69, 9.17) is 20.1 Å². The van der Waals surface area contributed by atoms with Crippen molar-refractivity contribution in [1.29, 1.82) is 0 Å². The van der Waals surface area contributed by atoms with Crippen molar-refractivity contribution < 1.29 is 18.7 Å². The van der Waals surface area contributed by atoms with Crippen LogP contribution in [0, 0.1) is 25.5 Å². The van der Waals surface area contributed by atoms with Crippen molar-refractivity contribution >= 4 is 51.3 Å². The summed E-state index contributed by atoms with van der Waals surface area (Å²) in [6, 6.07) is 12.5. The second-order valence-corrected chi connectivity index (χ2v) is 21.0. The van der Waals surface area contributed by atoms with Crippen molar-refractivity contribution in [3.8, 4) is 22.7 Å². The Balaban J connectivity index is 0.813. The Labute approximate surface area is 432 Å². The third-order valence-electron chi connectivity index (χ3n) is 15.1. The molecule has 3 aliphatic rings. The predicted molar refractivity (Wildman–Crippen MR) is 285 cm³/mol. The molecule has 2 N–H and O–H groups in total. The average Bonchev–Trinajstić information content (AvgIpc) is 4.08. The van der Waals surface area contributed by atoms with Crippen LogP contribution in [0.1, 0.15) is 87.5 Å². The number of pyridine rings is 2. The molecule has 388 valence electrons. The lowest BCUT2D eigenvalue weighted by atomic mass is 10.0. The Morgan fingerprint density at radius 1 is 0.907 bits per heavy atom. The maximum Gasteiger partial charge on any atom is 0.355 e. The molecule has 2 aliphatic heterocycles. The number of halogens is 2. The molecule has 0 unspecified atom stereocenters. The number of anilines is 3. The number of aromatic nitrogens is 10. The smallest absolute Gasteiger partial charge is 0.355 e. The molecule has 6 aromatic heterocycles. The number of fused-ring (bicyclic) bond motifs is 3. The Morgan fingerprint density at radius 3 is 2.40 bits per heavy atom. The highest BCUT2D eigenvalue weighted by molar-refractivity contribution is 5.94. The first-order valence-corrected chi connectivity index (χ1v) is 25.7. The lowest BCUT2D eigenvalue weighted by Crippen LogP contribution is -2.58. The van der Waals surface area contributed by atoms with Crippen molar-refractivity contribution in [3.05, 3.63) is 123 Å². The first kappa shape index (κ1) is 49.3. The zero-order valence-corrected chi connectivity index (χ0v) is 43.5. The van der Waals surface area contributed by atoms with E-state index in [-0.39, 0.29) is 66.4 Å². The number of carbonyl (C=O) groups excluding carboxylic acids is 1. The van der Waals surface area contributed by atoms with Crippen molar-refractivity contribution in [2.24, 2.45) is 7.05 Å². The van der Waals surface area contributed by atoms with Crippen LogP contribution in [0.2, 0.25) is 0 Å². The molecule has 18 nitrogen and oxygen atoms in total. The van der Waals surface area contributed by atoms with Crippen LogP contribution in [-0.4, -0.2) is 127 Å². The number of aryl methyl sites for hydroxylation is 3. The standard InChI is InChI=1S/C55H61F2N15O3/c1-29(2)46-48(31(4)17-18-58-46)71-50-37(22-40(57)47(62-50)45-39(56)11-10-12-43(45)73)49(64-55(71)75)69-20-19-67(26-33(69)6)52(74)32(5)25-70-34(7)27-68(28-35(70)8)54-63-51-38(36-14-15-36)23-60-72(51)53(65-54)59-24-44-61-41-21-30(3)13-16-42(41)66(44)9/h10-13,16-18,21-23,29,33-36,73H,5,14-15,19-20,24-28H2,1-4,6-9H3,(H,59,63,65)/t33-,34-,35+/m0/s1. The van der Waals surface area contributed by atoms with Crippen LogP contribution in [0.3, 0.4) is 0 Å². The number of nitrogens with one attached hydrogen (secondary N) is 1. The van der Waals surface area contributed by atoms with Gasteiger partial charge in [-0.25, -0.2) is 28.1 Å². The molecule has 75 heavy (non-hydrogen) atoms. The fourth-order valence-corrected chi connectivity index (χ4v) is 11.0. The minimum Gasteiger partial charge on any atom is -0.507 e. The number of imidazole rings is 1. The highest BCUT2D eigenvalue weighted by Gasteiger charge is 2.37. The van der Waals surface area contributed by atoms with Gasteiger partial charge in [0.05, 0.1) is 46.1 Å². The van der Waals surface area contributed by atoms with E-state index >= 15 is 8.78 Å². The zero-order chi connectivity index (χ0) is 52.7. The summed E-state index contributed by atoms with van der Waals surface area (Å²) in [6.45, 7) is 21.1. The fourth-order valence-electron chi connectivity index (χ4n) is 11.0. The topological polar surface area (TPSA) is 184 Å². The fraction of sp³-hybridized carbons (Fsp3) is 0.400. The van der Waals surface area contributed by atoms with Crippen molar-refractivity contribution in [2.75, 3.05) is 54.4 Å². The van der Waals surface area contributed by atoms with E-state index in [1.165, 1.54) is 22.8 Å². The van der Waals surface area contributed by atoms with Crippen molar-refractivity contribution in [3.63, 3.8) is 0 Å². The number of phenols is 1. The first-order valence-electron chi connectivity index (χ1n) is 25.7. The van der Waals surface area contributed by atoms with E-state index in [1.807, 2.05) is 45.8 Å². The average molecular weight is 1020 g/mol. The summed E-state index contributed by atoms with van der Waals surface area (Å²) in [4.78, 5) is 65.9. The quantitative estimate of drug-likeness (QED) is 0.114. The zero-order valence-electron chi connectivity index (χ0n) is 43.5. The van der Waals surface area contributed by atoms with Gasteiger partial charge in [-0.1, -0.05) is 32.6 Å². The summed E-state index contributed by atoms with van der Waals surface area (Å²) >= 11 is 0. The molecule has 1 amide bonds. The molecule has 0 radical (unpaired) electrons. The van der Waals surface area contributed by atoms with Gasteiger partial charge in [-0.15, -0.1) is 0 Å². The van der Waals surface area contributed by atoms with Crippen molar-refractivity contribution in [2.45, 2.75) is 97.8 Å². The highest BCUT2D eigenvalue weighted by Crippen LogP contribution is 2.42. The minimum atomic E-state index is -0.915. The Morgan fingerprint density at radius 2 is 1.68 bits per heavy atom. The second-order valence-electron chi connectivity index (χ2n) is 21.0. The molecule has 0 bridgehead atoms. The maximum atomic E-state index is 16.4. The molecule has 20 heteroatoms. The van der Waals surface area contributed by atoms with E-state index in [9.17, 15) is 14.7 Å². The van der Waals surface area contributed by atoms with Crippen LogP contribution in [0.4, 0.5) is 26.5 Å². The number of hydrogen-bond acceptors (Lipinski definition) is 14. The first-order chi connectivity index (χ1) is 35.9. The van der Waals surface area contributed by atoms with Gasteiger partial charge in [-0.05, 0) is 107 Å². The summed E-state index contributed by atoms with van der Waals surface area (Å²) in [5.74, 6) is 0.0821. The van der Waals surface area contributed by atoms with E-state index in [2.05, 4.69) is 80.2 Å². The molecule has 2 saturated heterocycles. The number of amides is 1. The minimum absolute atomic E-state index is 0.00648. The van der Waals surface area contributed by atoms with E-state index in [0.717, 1.165) is 52.5 Å². The van der Waals surface area contributed by atoms with Gasteiger partial charge in [0, 0.05) is 81.8 Å². The number of carbonyl (C=O) groups is 1. The molecule has 8 aromatic rings. The summed E-state index contributed by atoms with van der Waals surface area (Å²) in [7, 11) is 2.02. The van der Waals surface area contributed by atoms with Gasteiger partial charge in [-0.3, -0.25) is 14.7 Å². The van der Waals surface area contributed by atoms with Crippen LogP contribution in [0.15, 0.2) is 77.9 Å². The molecule has 1 aliphatic carbocycles. The highest BCUT2D eigenvalue weighted by atomic mass is 19.1. The van der Waals surface area contributed by atoms with Gasteiger partial charge in [0.15, 0.2) is 17.1 Å². The SMILES string of the molecule is C=C(CN1[C@H](C)CN(c2nc(NCc3nc4cc(C)ccc4n3C)n3ncc(C4CC4)c3n2)C[C@@H]1C)C(=O)N1CCN(c2nc(=O)n(-c3c(C)ccnc3C(C)C)c3nc(-c4c(O)cccc4F)c(F)cc23)[C@@H](C)C1. The lowest BCUT2D eigenvalue weighted by Gasteiger charge is -2.45. The second kappa shape index (κ2) is 19.1. The van der Waals surface area contributed by atoms with Crippen LogP contribution in [0.25, 0.3) is 44.7 Å². The molecule has 8 heterocycles. The van der Waals surface area contributed by atoms with E-state index < -0.39 is 34.3 Å². The van der Waals surface area contributed by atoms with Gasteiger partial charge in [0.1, 0.15) is 28.9 Å². The molecule has 2 aromatic carbocycles. The Hall–Kier alpha value is -7.87. The molecule has 11 rings (SSSR count). The van der Waals surface area contributed by atoms with Gasteiger partial charge in [0.25, 0.3) is 5.91 Å². The third-order valence-corrected chi connectivity index (χ3v) is 15.1. The Kier molecular flexibility index (Phi) is 12.6. The van der Waals surface area contributed by atoms with E-state index in [1.54, 1.807) is 21.7 Å². The molecule has 3 fully saturated rings. The van der Waals surface area contributed by atoms with Crippen LogP contribution in [-0.2, 0) is 18.4 Å². The number of nitrogens with zero attached hydrogens (tertiary/aromatic N) is 14. The number of piperazine rings is 2. The number of rotatable bonds is 12. The summed E-state index contributed by atoms with van der Waals surface area (Å²) in [5.41, 5.74) is 5.69. The summed E-state index contributed by atoms with van der Waals surface area (Å²) in [5, 5.41) is 19.2. The van der Waals surface area contributed by atoms with Gasteiger partial charge in [0.2, 0.25) is 11.9 Å². The normalized spacial score (nSPS) is 18.5. The van der Waals surface area contributed by atoms with Crippen molar-refractivity contribution in [1.82, 2.24) is 58.5 Å². The van der Waals surface area contributed by atoms with Crippen LogP contribution < -0.4 is 20.8 Å². The number of aromatic hydroxyl groups is 1. The molecule has 0 spiro atoms. The molecular weight excluding hydrogens is 957 g/mol. The summed E-state index contributed by atoms with van der Waals surface area (Å²) < 4.78 is 36.9. The van der Waals surface area contributed by atoms with Gasteiger partial charge < -0.3 is 29.7 Å². The Bertz CT molecular complexity index is 3630.